The van der Waals surface area contributed by atoms with Crippen LogP contribution in [0.4, 0.5) is 28.4 Å². The molecule has 0 heterocycles. The molecule has 0 saturated carbocycles. The summed E-state index contributed by atoms with van der Waals surface area (Å²) in [5.41, 5.74) is 10.1. The lowest BCUT2D eigenvalue weighted by atomic mass is 10.2. The van der Waals surface area contributed by atoms with E-state index in [-0.39, 0.29) is 0 Å². The highest BCUT2D eigenvalue weighted by Gasteiger charge is 2.09. The van der Waals surface area contributed by atoms with Crippen LogP contribution in [-0.4, -0.2) is 0 Å². The number of benzene rings is 4. The maximum absolute atomic E-state index is 3.50. The van der Waals surface area contributed by atoms with Gasteiger partial charge in [-0.3, -0.25) is 10.4 Å². The number of nitrogens with zero attached hydrogens (tertiary/aromatic N) is 1. The molecule has 4 aromatic carbocycles. The number of anilines is 5. The summed E-state index contributed by atoms with van der Waals surface area (Å²) in [6, 6.07) is 37.3. The molecule has 0 aliphatic rings. The quantitative estimate of drug-likeness (QED) is 0.364. The third-order valence-electron chi connectivity index (χ3n) is 4.49. The lowest BCUT2D eigenvalue weighted by Crippen LogP contribution is -2.24. The zero-order valence-electron chi connectivity index (χ0n) is 15.8. The van der Waals surface area contributed by atoms with Crippen LogP contribution in [0.2, 0.25) is 0 Å². The van der Waals surface area contributed by atoms with Gasteiger partial charge in [0.05, 0.1) is 17.1 Å². The Bertz CT molecular complexity index is 995. The predicted molar refractivity (Wildman–Crippen MR) is 120 cm³/mol. The van der Waals surface area contributed by atoms with Crippen molar-refractivity contribution in [1.29, 1.82) is 0 Å². The molecule has 28 heavy (non-hydrogen) atoms. The standard InChI is InChI=1S/C25H23N3/c1-20-12-14-21(15-13-20)26-22-16-18-25(19-17-22)28(24-10-6-3-7-11-24)27-23-8-4-2-5-9-23/h2-19,26-27H,1H3. The van der Waals surface area contributed by atoms with Crippen LogP contribution >= 0.6 is 0 Å². The molecular formula is C25H23N3. The summed E-state index contributed by atoms with van der Waals surface area (Å²) < 4.78 is 0. The summed E-state index contributed by atoms with van der Waals surface area (Å²) in [7, 11) is 0. The monoisotopic (exact) mass is 365 g/mol. The van der Waals surface area contributed by atoms with E-state index in [9.17, 15) is 0 Å². The number of hydrogen-bond acceptors (Lipinski definition) is 3. The van der Waals surface area contributed by atoms with Crippen molar-refractivity contribution in [1.82, 2.24) is 0 Å². The summed E-state index contributed by atoms with van der Waals surface area (Å²) in [5.74, 6) is 0. The van der Waals surface area contributed by atoms with E-state index < -0.39 is 0 Å². The van der Waals surface area contributed by atoms with Gasteiger partial charge in [0.15, 0.2) is 0 Å². The molecule has 0 bridgehead atoms. The van der Waals surface area contributed by atoms with Crippen molar-refractivity contribution in [3.8, 4) is 0 Å². The molecule has 2 N–H and O–H groups in total. The number of nitrogens with one attached hydrogen (secondary N) is 2. The Balaban J connectivity index is 1.58. The average Bonchev–Trinajstić information content (AvgIpc) is 2.76. The lowest BCUT2D eigenvalue weighted by Gasteiger charge is -2.27. The molecule has 0 spiro atoms. The number of rotatable bonds is 6. The van der Waals surface area contributed by atoms with Crippen LogP contribution in [0, 0.1) is 6.92 Å². The Labute approximate surface area is 166 Å². The van der Waals surface area contributed by atoms with E-state index in [2.05, 4.69) is 95.5 Å². The van der Waals surface area contributed by atoms with E-state index in [1.807, 2.05) is 36.4 Å². The van der Waals surface area contributed by atoms with Crippen molar-refractivity contribution in [2.75, 3.05) is 15.8 Å². The molecule has 0 fully saturated rings. The van der Waals surface area contributed by atoms with Gasteiger partial charge in [-0.15, -0.1) is 0 Å². The molecule has 0 aliphatic heterocycles. The van der Waals surface area contributed by atoms with Gasteiger partial charge >= 0.3 is 0 Å². The highest BCUT2D eigenvalue weighted by Crippen LogP contribution is 2.28. The summed E-state index contributed by atoms with van der Waals surface area (Å²) in [4.78, 5) is 0. The van der Waals surface area contributed by atoms with Crippen molar-refractivity contribution >= 4 is 28.4 Å². The smallest absolute Gasteiger partial charge is 0.0632 e. The number of hydrogen-bond donors (Lipinski definition) is 2. The van der Waals surface area contributed by atoms with E-state index in [0.717, 1.165) is 28.4 Å². The van der Waals surface area contributed by atoms with Crippen LogP contribution in [0.25, 0.3) is 0 Å². The van der Waals surface area contributed by atoms with Gasteiger partial charge in [-0.1, -0.05) is 54.1 Å². The Morgan fingerprint density at radius 2 is 1.00 bits per heavy atom. The van der Waals surface area contributed by atoms with Gasteiger partial charge in [-0.05, 0) is 67.6 Å². The zero-order chi connectivity index (χ0) is 19.2. The molecule has 138 valence electrons. The second-order valence-corrected chi connectivity index (χ2v) is 6.69. The van der Waals surface area contributed by atoms with Crippen LogP contribution in [0.5, 0.6) is 0 Å². The first-order valence-corrected chi connectivity index (χ1v) is 9.38. The molecule has 4 rings (SSSR count). The average molecular weight is 365 g/mol. The van der Waals surface area contributed by atoms with Gasteiger partial charge in [0.25, 0.3) is 0 Å². The molecule has 0 atom stereocenters. The number of hydrazine groups is 1. The van der Waals surface area contributed by atoms with Crippen LogP contribution in [0.3, 0.4) is 0 Å². The Morgan fingerprint density at radius 3 is 1.61 bits per heavy atom. The Hall–Kier alpha value is -3.72. The molecule has 0 aromatic heterocycles. The van der Waals surface area contributed by atoms with Gasteiger partial charge in [-0.2, -0.15) is 0 Å². The minimum atomic E-state index is 1.04. The van der Waals surface area contributed by atoms with Crippen molar-refractivity contribution in [2.45, 2.75) is 6.92 Å². The fourth-order valence-corrected chi connectivity index (χ4v) is 2.99. The van der Waals surface area contributed by atoms with E-state index >= 15 is 0 Å². The zero-order valence-corrected chi connectivity index (χ0v) is 15.8. The number of para-hydroxylation sites is 2. The van der Waals surface area contributed by atoms with Crippen LogP contribution in [0.15, 0.2) is 109 Å². The molecule has 0 aliphatic carbocycles. The van der Waals surface area contributed by atoms with E-state index in [1.54, 1.807) is 0 Å². The van der Waals surface area contributed by atoms with E-state index in [1.165, 1.54) is 5.56 Å². The maximum atomic E-state index is 3.50. The summed E-state index contributed by atoms with van der Waals surface area (Å²) in [6.45, 7) is 2.09. The Kier molecular flexibility index (Phi) is 5.25. The summed E-state index contributed by atoms with van der Waals surface area (Å²) in [5, 5.41) is 5.54. The second-order valence-electron chi connectivity index (χ2n) is 6.69. The van der Waals surface area contributed by atoms with Gasteiger partial charge in [0.1, 0.15) is 0 Å². The van der Waals surface area contributed by atoms with Crippen molar-refractivity contribution in [3.05, 3.63) is 115 Å². The molecule has 0 radical (unpaired) electrons. The topological polar surface area (TPSA) is 27.3 Å². The minimum absolute atomic E-state index is 1.04. The summed E-state index contributed by atoms with van der Waals surface area (Å²) >= 11 is 0. The van der Waals surface area contributed by atoms with Crippen molar-refractivity contribution in [2.24, 2.45) is 0 Å². The van der Waals surface area contributed by atoms with Crippen molar-refractivity contribution < 1.29 is 0 Å². The molecule has 4 aromatic rings. The fraction of sp³-hybridized carbons (Fsp3) is 0.0400. The highest BCUT2D eigenvalue weighted by atomic mass is 15.5. The van der Waals surface area contributed by atoms with Gasteiger partial charge in [0, 0.05) is 11.4 Å². The van der Waals surface area contributed by atoms with Gasteiger partial charge in [0.2, 0.25) is 0 Å². The second kappa shape index (κ2) is 8.31. The Morgan fingerprint density at radius 1 is 0.500 bits per heavy atom. The lowest BCUT2D eigenvalue weighted by molar-refractivity contribution is 1.16. The van der Waals surface area contributed by atoms with Gasteiger partial charge < -0.3 is 5.32 Å². The SMILES string of the molecule is Cc1ccc(Nc2ccc(N(Nc3ccccc3)c3ccccc3)cc2)cc1. The van der Waals surface area contributed by atoms with Crippen LogP contribution < -0.4 is 15.8 Å². The molecular weight excluding hydrogens is 342 g/mol. The van der Waals surface area contributed by atoms with Crippen LogP contribution in [-0.2, 0) is 0 Å². The molecule has 0 amide bonds. The van der Waals surface area contributed by atoms with Crippen molar-refractivity contribution in [3.63, 3.8) is 0 Å². The first kappa shape index (κ1) is 17.7. The normalized spacial score (nSPS) is 10.3. The van der Waals surface area contributed by atoms with Crippen LogP contribution in [0.1, 0.15) is 5.56 Å². The molecule has 3 nitrogen and oxygen atoms in total. The molecule has 0 unspecified atom stereocenters. The minimum Gasteiger partial charge on any atom is -0.356 e. The maximum Gasteiger partial charge on any atom is 0.0632 e. The third kappa shape index (κ3) is 4.33. The fourth-order valence-electron chi connectivity index (χ4n) is 2.99. The highest BCUT2D eigenvalue weighted by molar-refractivity contribution is 5.71. The number of aryl methyl sites for hydroxylation is 1. The first-order valence-electron chi connectivity index (χ1n) is 9.38. The largest absolute Gasteiger partial charge is 0.356 e. The van der Waals surface area contributed by atoms with E-state index in [4.69, 9.17) is 0 Å². The van der Waals surface area contributed by atoms with Gasteiger partial charge in [-0.25, -0.2) is 0 Å². The third-order valence-corrected chi connectivity index (χ3v) is 4.49. The summed E-state index contributed by atoms with van der Waals surface area (Å²) in [6.07, 6.45) is 0. The molecule has 0 saturated heterocycles. The molecule has 3 heteroatoms. The first-order chi connectivity index (χ1) is 13.8. The predicted octanol–water partition coefficient (Wildman–Crippen LogP) is 6.90. The van der Waals surface area contributed by atoms with E-state index in [0.29, 0.717) is 0 Å².